The molecule has 2 rings (SSSR count). The molecule has 1 aromatic rings. The number of anilines is 1. The Bertz CT molecular complexity index is 350. The molecule has 1 aromatic carbocycles. The summed E-state index contributed by atoms with van der Waals surface area (Å²) in [6, 6.07) is 6.23. The lowest BCUT2D eigenvalue weighted by Crippen LogP contribution is -2.05. The largest absolute Gasteiger partial charge is 0.385 e. The van der Waals surface area contributed by atoms with E-state index < -0.39 is 0 Å². The third-order valence-electron chi connectivity index (χ3n) is 2.97. The smallest absolute Gasteiger partial charge is 0.0744 e. The Hall–Kier alpha value is -0.540. The molecule has 1 aliphatic rings. The first kappa shape index (κ1) is 11.9. The maximum Gasteiger partial charge on any atom is 0.0744 e. The fourth-order valence-corrected chi connectivity index (χ4v) is 2.31. The Balaban J connectivity index is 1.96. The van der Waals surface area contributed by atoms with E-state index in [1.165, 1.54) is 30.5 Å². The van der Waals surface area contributed by atoms with Gasteiger partial charge >= 0.3 is 0 Å². The van der Waals surface area contributed by atoms with Gasteiger partial charge in [-0.2, -0.15) is 0 Å². The van der Waals surface area contributed by atoms with Gasteiger partial charge in [0.2, 0.25) is 0 Å². The van der Waals surface area contributed by atoms with Crippen molar-refractivity contribution in [2.75, 3.05) is 19.0 Å². The predicted octanol–water partition coefficient (Wildman–Crippen LogP) is 3.81. The van der Waals surface area contributed by atoms with E-state index >= 15 is 0 Å². The minimum absolute atomic E-state index is 0.646. The number of nitrogens with one attached hydrogen (secondary N) is 1. The molecule has 0 aliphatic heterocycles. The van der Waals surface area contributed by atoms with Gasteiger partial charge in [-0.1, -0.05) is 34.8 Å². The van der Waals surface area contributed by atoms with Crippen LogP contribution in [0.1, 0.15) is 24.8 Å². The summed E-state index contributed by atoms with van der Waals surface area (Å²) in [7, 11) is 1.73. The van der Waals surface area contributed by atoms with E-state index in [1.807, 2.05) is 0 Å². The molecule has 0 amide bonds. The van der Waals surface area contributed by atoms with Crippen molar-refractivity contribution in [2.24, 2.45) is 5.92 Å². The van der Waals surface area contributed by atoms with E-state index in [2.05, 4.69) is 39.4 Å². The molecule has 3 heteroatoms. The Morgan fingerprint density at radius 3 is 2.94 bits per heavy atom. The third kappa shape index (κ3) is 3.22. The molecule has 2 nitrogen and oxygen atoms in total. The fourth-order valence-electron chi connectivity index (χ4n) is 1.83. The highest BCUT2D eigenvalue weighted by Crippen LogP contribution is 2.32. The summed E-state index contributed by atoms with van der Waals surface area (Å²) in [5.41, 5.74) is 2.40. The first-order valence-corrected chi connectivity index (χ1v) is 6.60. The Morgan fingerprint density at radius 1 is 1.44 bits per heavy atom. The normalized spacial score (nSPS) is 15.1. The van der Waals surface area contributed by atoms with Gasteiger partial charge in [0.05, 0.1) is 6.61 Å². The average Bonchev–Trinajstić information content (AvgIpc) is 3.07. The number of methoxy groups -OCH3 is 1. The van der Waals surface area contributed by atoms with Crippen molar-refractivity contribution >= 4 is 21.6 Å². The summed E-state index contributed by atoms with van der Waals surface area (Å²) in [5, 5.41) is 3.50. The van der Waals surface area contributed by atoms with Crippen molar-refractivity contribution in [3.63, 3.8) is 0 Å². The molecule has 0 saturated heterocycles. The number of rotatable bonds is 6. The molecule has 1 fully saturated rings. The van der Waals surface area contributed by atoms with Crippen molar-refractivity contribution in [2.45, 2.75) is 25.9 Å². The summed E-state index contributed by atoms with van der Waals surface area (Å²) in [5.74, 6) is 0.977. The van der Waals surface area contributed by atoms with Crippen LogP contribution in [-0.4, -0.2) is 13.7 Å². The van der Waals surface area contributed by atoms with Crippen LogP contribution < -0.4 is 5.32 Å². The van der Waals surface area contributed by atoms with Gasteiger partial charge in [-0.25, -0.2) is 0 Å². The van der Waals surface area contributed by atoms with Crippen LogP contribution in [0, 0.1) is 5.92 Å². The van der Waals surface area contributed by atoms with Crippen LogP contribution in [0.25, 0.3) is 0 Å². The summed E-state index contributed by atoms with van der Waals surface area (Å²) >= 11 is 3.56. The first-order chi connectivity index (χ1) is 7.81. The number of hydrogen-bond donors (Lipinski definition) is 1. The van der Waals surface area contributed by atoms with Gasteiger partial charge in [-0.15, -0.1) is 0 Å². The monoisotopic (exact) mass is 283 g/mol. The summed E-state index contributed by atoms with van der Waals surface area (Å²) < 4.78 is 6.34. The summed E-state index contributed by atoms with van der Waals surface area (Å²) in [6.07, 6.45) is 4.13. The molecule has 0 radical (unpaired) electrons. The summed E-state index contributed by atoms with van der Waals surface area (Å²) in [4.78, 5) is 0. The lowest BCUT2D eigenvalue weighted by molar-refractivity contribution is 0.185. The van der Waals surface area contributed by atoms with Crippen molar-refractivity contribution < 1.29 is 4.74 Å². The molecule has 88 valence electrons. The molecule has 1 saturated carbocycles. The molecule has 0 atom stereocenters. The molecule has 1 aliphatic carbocycles. The fraction of sp³-hybridized carbons (Fsp3) is 0.538. The second-order valence-electron chi connectivity index (χ2n) is 4.36. The molecule has 0 aromatic heterocycles. The van der Waals surface area contributed by atoms with E-state index in [9.17, 15) is 0 Å². The van der Waals surface area contributed by atoms with Crippen LogP contribution in [0.5, 0.6) is 0 Å². The minimum Gasteiger partial charge on any atom is -0.385 e. The maximum absolute atomic E-state index is 5.22. The van der Waals surface area contributed by atoms with E-state index in [1.54, 1.807) is 7.11 Å². The van der Waals surface area contributed by atoms with Gasteiger partial charge < -0.3 is 10.1 Å². The standard InChI is InChI=1S/C13H18BrNO/c1-16-9-11-12(14)3-2-4-13(11)15-8-7-10-5-6-10/h2-4,10,15H,5-9H2,1H3. The number of benzene rings is 1. The zero-order valence-electron chi connectivity index (χ0n) is 9.63. The zero-order chi connectivity index (χ0) is 11.4. The number of ether oxygens (including phenoxy) is 1. The van der Waals surface area contributed by atoms with E-state index in [0.717, 1.165) is 16.9 Å². The maximum atomic E-state index is 5.22. The second kappa shape index (κ2) is 5.69. The second-order valence-corrected chi connectivity index (χ2v) is 5.21. The molecule has 0 bridgehead atoms. The molecular formula is C13H18BrNO. The van der Waals surface area contributed by atoms with Gasteiger partial charge in [0.25, 0.3) is 0 Å². The molecule has 0 unspecified atom stereocenters. The summed E-state index contributed by atoms with van der Waals surface area (Å²) in [6.45, 7) is 1.71. The highest BCUT2D eigenvalue weighted by Gasteiger charge is 2.20. The molecule has 16 heavy (non-hydrogen) atoms. The lowest BCUT2D eigenvalue weighted by Gasteiger charge is -2.13. The van der Waals surface area contributed by atoms with E-state index in [-0.39, 0.29) is 0 Å². The van der Waals surface area contributed by atoms with Gasteiger partial charge in [0.15, 0.2) is 0 Å². The van der Waals surface area contributed by atoms with Crippen LogP contribution in [0.3, 0.4) is 0 Å². The van der Waals surface area contributed by atoms with E-state index in [0.29, 0.717) is 6.61 Å². The van der Waals surface area contributed by atoms with Gasteiger partial charge in [0, 0.05) is 29.4 Å². The Kier molecular flexibility index (Phi) is 4.24. The topological polar surface area (TPSA) is 21.3 Å². The highest BCUT2D eigenvalue weighted by atomic mass is 79.9. The Morgan fingerprint density at radius 2 is 2.25 bits per heavy atom. The van der Waals surface area contributed by atoms with Crippen LogP contribution in [-0.2, 0) is 11.3 Å². The Labute approximate surface area is 106 Å². The SMILES string of the molecule is COCc1c(Br)cccc1NCCC1CC1. The predicted molar refractivity (Wildman–Crippen MR) is 70.7 cm³/mol. The van der Waals surface area contributed by atoms with Crippen LogP contribution in [0.15, 0.2) is 22.7 Å². The van der Waals surface area contributed by atoms with Crippen molar-refractivity contribution in [3.8, 4) is 0 Å². The third-order valence-corrected chi connectivity index (χ3v) is 3.72. The first-order valence-electron chi connectivity index (χ1n) is 5.81. The lowest BCUT2D eigenvalue weighted by atomic mass is 10.2. The molecule has 0 heterocycles. The van der Waals surface area contributed by atoms with Crippen LogP contribution >= 0.6 is 15.9 Å². The number of halogens is 1. The van der Waals surface area contributed by atoms with Crippen molar-refractivity contribution in [1.82, 2.24) is 0 Å². The molecular weight excluding hydrogens is 266 g/mol. The molecule has 0 spiro atoms. The zero-order valence-corrected chi connectivity index (χ0v) is 11.2. The van der Waals surface area contributed by atoms with Crippen LogP contribution in [0.2, 0.25) is 0 Å². The quantitative estimate of drug-likeness (QED) is 0.857. The van der Waals surface area contributed by atoms with Crippen molar-refractivity contribution in [1.29, 1.82) is 0 Å². The van der Waals surface area contributed by atoms with Crippen molar-refractivity contribution in [3.05, 3.63) is 28.2 Å². The number of hydrogen-bond acceptors (Lipinski definition) is 2. The van der Waals surface area contributed by atoms with Gasteiger partial charge in [0.1, 0.15) is 0 Å². The highest BCUT2D eigenvalue weighted by molar-refractivity contribution is 9.10. The van der Waals surface area contributed by atoms with Gasteiger partial charge in [-0.3, -0.25) is 0 Å². The molecule has 1 N–H and O–H groups in total. The average molecular weight is 284 g/mol. The minimum atomic E-state index is 0.646. The van der Waals surface area contributed by atoms with E-state index in [4.69, 9.17) is 4.74 Å². The van der Waals surface area contributed by atoms with Gasteiger partial charge in [-0.05, 0) is 24.5 Å². The van der Waals surface area contributed by atoms with Crippen LogP contribution in [0.4, 0.5) is 5.69 Å².